The summed E-state index contributed by atoms with van der Waals surface area (Å²) in [6.45, 7) is 1.81. The molecule has 0 fully saturated rings. The summed E-state index contributed by atoms with van der Waals surface area (Å²) >= 11 is 0. The molecule has 0 radical (unpaired) electrons. The first-order valence-electron chi connectivity index (χ1n) is 12.4. The molecule has 0 atom stereocenters. The van der Waals surface area contributed by atoms with Gasteiger partial charge in [-0.25, -0.2) is 22.0 Å². The Balaban J connectivity index is 1.44. The molecule has 0 amide bonds. The topological polar surface area (TPSA) is 22.1 Å². The molecular formula is C32H15F10NO. The lowest BCUT2D eigenvalue weighted by Crippen LogP contribution is -2.25. The summed E-state index contributed by atoms with van der Waals surface area (Å²) in [5, 5.41) is -0.900. The lowest BCUT2D eigenvalue weighted by molar-refractivity contribution is -0.189. The number of aromatic nitrogens is 1. The number of ether oxygens (including phenoxy) is 1. The van der Waals surface area contributed by atoms with Gasteiger partial charge in [-0.2, -0.15) is 22.0 Å². The highest BCUT2D eigenvalue weighted by Gasteiger charge is 2.41. The van der Waals surface area contributed by atoms with Crippen LogP contribution in [0.3, 0.4) is 0 Å². The van der Waals surface area contributed by atoms with E-state index in [9.17, 15) is 35.1 Å². The lowest BCUT2D eigenvalue weighted by atomic mass is 9.99. The van der Waals surface area contributed by atoms with E-state index in [1.807, 2.05) is 6.92 Å². The summed E-state index contributed by atoms with van der Waals surface area (Å²) in [5.41, 5.74) is -2.03. The molecule has 224 valence electrons. The highest BCUT2D eigenvalue weighted by Crippen LogP contribution is 2.39. The summed E-state index contributed by atoms with van der Waals surface area (Å²) in [4.78, 5) is 4.17. The van der Waals surface area contributed by atoms with Gasteiger partial charge in [0.15, 0.2) is 0 Å². The van der Waals surface area contributed by atoms with E-state index in [1.54, 1.807) is 18.3 Å². The highest BCUT2D eigenvalue weighted by atomic mass is 19.4. The van der Waals surface area contributed by atoms with Crippen molar-refractivity contribution >= 4 is 10.8 Å². The molecule has 0 aliphatic heterocycles. The van der Waals surface area contributed by atoms with Crippen LogP contribution in [0.1, 0.15) is 16.7 Å². The molecule has 2 nitrogen and oxygen atoms in total. The van der Waals surface area contributed by atoms with Gasteiger partial charge in [-0.3, -0.25) is 4.98 Å². The molecule has 12 heteroatoms. The predicted octanol–water partition coefficient (Wildman–Crippen LogP) is 9.61. The van der Waals surface area contributed by atoms with Gasteiger partial charge in [0.1, 0.15) is 40.4 Å². The molecule has 0 aliphatic rings. The van der Waals surface area contributed by atoms with Gasteiger partial charge in [-0.15, -0.1) is 0 Å². The lowest BCUT2D eigenvalue weighted by Gasteiger charge is -2.20. The Hall–Kier alpha value is -5.05. The Morgan fingerprint density at radius 3 is 2.00 bits per heavy atom. The zero-order valence-corrected chi connectivity index (χ0v) is 22.1. The van der Waals surface area contributed by atoms with Crippen LogP contribution in [0.4, 0.5) is 43.9 Å². The fourth-order valence-corrected chi connectivity index (χ4v) is 4.37. The molecule has 0 unspecified atom stereocenters. The summed E-state index contributed by atoms with van der Waals surface area (Å²) < 4.78 is 145. The van der Waals surface area contributed by atoms with Crippen LogP contribution >= 0.6 is 0 Å². The quantitative estimate of drug-likeness (QED) is 0.144. The Bertz CT molecular complexity index is 1950. The molecule has 0 N–H and O–H groups in total. The van der Waals surface area contributed by atoms with E-state index in [2.05, 4.69) is 9.72 Å². The maximum Gasteiger partial charge on any atom is 0.458 e. The number of benzene rings is 4. The van der Waals surface area contributed by atoms with E-state index in [-0.39, 0.29) is 11.1 Å². The van der Waals surface area contributed by atoms with E-state index in [0.717, 1.165) is 29.7 Å². The largest absolute Gasteiger partial charge is 0.458 e. The van der Waals surface area contributed by atoms with Gasteiger partial charge in [0.05, 0.1) is 11.3 Å². The maximum atomic E-state index is 15.0. The van der Waals surface area contributed by atoms with E-state index in [1.165, 1.54) is 18.1 Å². The molecule has 0 aliphatic carbocycles. The third-order valence-electron chi connectivity index (χ3n) is 6.40. The van der Waals surface area contributed by atoms with Crippen molar-refractivity contribution in [1.29, 1.82) is 0 Å². The molecule has 0 saturated heterocycles. The van der Waals surface area contributed by atoms with Gasteiger partial charge < -0.3 is 4.74 Å². The maximum absolute atomic E-state index is 15.0. The van der Waals surface area contributed by atoms with Crippen LogP contribution < -0.4 is 4.74 Å². The minimum absolute atomic E-state index is 0.285. The fraction of sp³-hybridized carbons (Fsp3) is 0.0938. The molecular weight excluding hydrogens is 604 g/mol. The van der Waals surface area contributed by atoms with E-state index >= 15 is 8.78 Å². The molecule has 0 spiro atoms. The van der Waals surface area contributed by atoms with Crippen LogP contribution in [0.25, 0.3) is 33.2 Å². The summed E-state index contributed by atoms with van der Waals surface area (Å²) in [5.74, 6) is -6.17. The Kier molecular flexibility index (Phi) is 7.76. The van der Waals surface area contributed by atoms with Gasteiger partial charge in [-0.05, 0) is 72.0 Å². The van der Waals surface area contributed by atoms with Gasteiger partial charge >= 0.3 is 12.3 Å². The normalized spacial score (nSPS) is 11.8. The third-order valence-corrected chi connectivity index (χ3v) is 6.40. The first-order chi connectivity index (χ1) is 20.6. The van der Waals surface area contributed by atoms with Crippen molar-refractivity contribution in [3.8, 4) is 40.0 Å². The summed E-state index contributed by atoms with van der Waals surface area (Å²) in [7, 11) is 0. The highest BCUT2D eigenvalue weighted by molar-refractivity contribution is 5.86. The van der Waals surface area contributed by atoms with Crippen LogP contribution in [0.5, 0.6) is 5.75 Å². The number of hydrogen-bond donors (Lipinski definition) is 0. The first-order valence-corrected chi connectivity index (χ1v) is 12.4. The van der Waals surface area contributed by atoms with Crippen molar-refractivity contribution in [1.82, 2.24) is 4.98 Å². The Morgan fingerprint density at radius 1 is 0.705 bits per heavy atom. The van der Waals surface area contributed by atoms with Crippen LogP contribution in [0.2, 0.25) is 0 Å². The SMILES string of the molecule is Cc1ccc(-c2ccc(-c3cc(F)c(C(F)(F)Oc4ccc5c(F)c(C#CC(F)(F)F)c(F)cc5c4)c(F)c3)c(F)c2)nc1. The smallest absolute Gasteiger partial charge is 0.429 e. The third kappa shape index (κ3) is 6.17. The minimum atomic E-state index is -5.03. The molecule has 5 aromatic rings. The van der Waals surface area contributed by atoms with Crippen LogP contribution in [0, 0.1) is 47.9 Å². The van der Waals surface area contributed by atoms with E-state index in [0.29, 0.717) is 35.5 Å². The van der Waals surface area contributed by atoms with Crippen molar-refractivity contribution in [3.05, 3.63) is 119 Å². The molecule has 1 aromatic heterocycles. The fourth-order valence-electron chi connectivity index (χ4n) is 4.37. The standard InChI is InChI=1S/C32H15F10NO/c1-16-2-7-28(43-15-16)17-3-5-21(24(33)11-17)19-13-26(35)29(27(36)14-19)32(41,42)44-20-4-6-22-18(10-20)12-25(34)23(30(22)37)8-9-31(38,39)40/h2-7,10-15H,1H3. The molecule has 0 bridgehead atoms. The summed E-state index contributed by atoms with van der Waals surface area (Å²) in [6.07, 6.45) is -8.14. The zero-order chi connectivity index (χ0) is 32.0. The predicted molar refractivity (Wildman–Crippen MR) is 141 cm³/mol. The van der Waals surface area contributed by atoms with Gasteiger partial charge in [0.2, 0.25) is 0 Å². The summed E-state index contributed by atoms with van der Waals surface area (Å²) in [6, 6.07) is 10.9. The number of aryl methyl sites for hydroxylation is 1. The number of alkyl halides is 5. The number of hydrogen-bond acceptors (Lipinski definition) is 2. The van der Waals surface area contributed by atoms with Gasteiger partial charge in [0, 0.05) is 28.6 Å². The molecule has 4 aromatic carbocycles. The Labute approximate surface area is 242 Å². The van der Waals surface area contributed by atoms with Crippen LogP contribution in [-0.2, 0) is 6.11 Å². The second kappa shape index (κ2) is 11.2. The number of nitrogens with zero attached hydrogens (tertiary/aromatic N) is 1. The molecule has 5 rings (SSSR count). The molecule has 1 heterocycles. The van der Waals surface area contributed by atoms with E-state index in [4.69, 9.17) is 0 Å². The average molecular weight is 619 g/mol. The van der Waals surface area contributed by atoms with Crippen LogP contribution in [0.15, 0.2) is 72.9 Å². The molecule has 44 heavy (non-hydrogen) atoms. The van der Waals surface area contributed by atoms with Crippen LogP contribution in [-0.4, -0.2) is 11.2 Å². The molecule has 0 saturated carbocycles. The van der Waals surface area contributed by atoms with Gasteiger partial charge in [-0.1, -0.05) is 24.1 Å². The van der Waals surface area contributed by atoms with Crippen molar-refractivity contribution < 1.29 is 48.6 Å². The van der Waals surface area contributed by atoms with Crippen molar-refractivity contribution in [2.75, 3.05) is 0 Å². The van der Waals surface area contributed by atoms with Gasteiger partial charge in [0.25, 0.3) is 0 Å². The van der Waals surface area contributed by atoms with Crippen molar-refractivity contribution in [3.63, 3.8) is 0 Å². The van der Waals surface area contributed by atoms with Crippen molar-refractivity contribution in [2.45, 2.75) is 19.2 Å². The second-order valence-corrected chi connectivity index (χ2v) is 9.53. The minimum Gasteiger partial charge on any atom is -0.429 e. The second-order valence-electron chi connectivity index (χ2n) is 9.53. The average Bonchev–Trinajstić information content (AvgIpc) is 2.91. The van der Waals surface area contributed by atoms with Crippen molar-refractivity contribution in [2.24, 2.45) is 0 Å². The Morgan fingerprint density at radius 2 is 1.39 bits per heavy atom. The number of pyridine rings is 1. The zero-order valence-electron chi connectivity index (χ0n) is 22.1. The number of rotatable bonds is 5. The number of fused-ring (bicyclic) bond motifs is 1. The van der Waals surface area contributed by atoms with E-state index < -0.39 is 69.0 Å². The monoisotopic (exact) mass is 619 g/mol. The first kappa shape index (κ1) is 30.4. The number of halogens is 10.